The van der Waals surface area contributed by atoms with Gasteiger partial charge in [-0.25, -0.2) is 4.99 Å². The second-order valence-corrected chi connectivity index (χ2v) is 5.33. The van der Waals surface area contributed by atoms with Crippen LogP contribution in [0, 0.1) is 0 Å². The molecular formula is C12H22IN3O2. The summed E-state index contributed by atoms with van der Waals surface area (Å²) >= 11 is 0. The Labute approximate surface area is 125 Å². The summed E-state index contributed by atoms with van der Waals surface area (Å²) in [5.41, 5.74) is 4.42. The third kappa shape index (κ3) is 5.72. The van der Waals surface area contributed by atoms with E-state index in [1.54, 1.807) is 19.1 Å². The standard InChI is InChI=1S/C12H21N3O2.HI/c1-11(2,3)15-10(13)14-8-12(4,16)9-6-5-7-17-9;/h5-7,16H,8H2,1-4H3,(H3,13,14,15);1H. The van der Waals surface area contributed by atoms with E-state index in [0.717, 1.165) is 0 Å². The van der Waals surface area contributed by atoms with Gasteiger partial charge in [0.15, 0.2) is 5.96 Å². The molecule has 0 aromatic carbocycles. The number of rotatable bonds is 3. The van der Waals surface area contributed by atoms with Crippen molar-refractivity contribution in [3.8, 4) is 0 Å². The molecule has 4 N–H and O–H groups in total. The van der Waals surface area contributed by atoms with Crippen molar-refractivity contribution in [2.24, 2.45) is 10.7 Å². The number of hydrogen-bond acceptors (Lipinski definition) is 3. The average Bonchev–Trinajstić information content (AvgIpc) is 2.65. The number of aliphatic hydroxyl groups is 1. The zero-order chi connectivity index (χ0) is 13.1. The Morgan fingerprint density at radius 2 is 2.06 bits per heavy atom. The van der Waals surface area contributed by atoms with Gasteiger partial charge in [-0.15, -0.1) is 24.0 Å². The van der Waals surface area contributed by atoms with Crippen molar-refractivity contribution >= 4 is 29.9 Å². The lowest BCUT2D eigenvalue weighted by molar-refractivity contribution is 0.0437. The van der Waals surface area contributed by atoms with Crippen molar-refractivity contribution in [3.05, 3.63) is 24.2 Å². The number of nitrogens with zero attached hydrogens (tertiary/aromatic N) is 1. The molecule has 0 amide bonds. The van der Waals surface area contributed by atoms with Gasteiger partial charge in [0.1, 0.15) is 11.4 Å². The number of nitrogens with two attached hydrogens (primary N) is 1. The van der Waals surface area contributed by atoms with Crippen LogP contribution in [0.5, 0.6) is 0 Å². The van der Waals surface area contributed by atoms with E-state index in [4.69, 9.17) is 10.2 Å². The highest BCUT2D eigenvalue weighted by Gasteiger charge is 2.26. The molecule has 6 heteroatoms. The number of furan rings is 1. The van der Waals surface area contributed by atoms with Crippen LogP contribution in [-0.2, 0) is 5.60 Å². The van der Waals surface area contributed by atoms with Crippen LogP contribution in [0.15, 0.2) is 27.8 Å². The maximum atomic E-state index is 10.1. The van der Waals surface area contributed by atoms with E-state index in [0.29, 0.717) is 11.7 Å². The number of aliphatic imine (C=N–C) groups is 1. The van der Waals surface area contributed by atoms with Crippen molar-refractivity contribution in [3.63, 3.8) is 0 Å². The molecule has 1 rings (SSSR count). The predicted molar refractivity (Wildman–Crippen MR) is 83.1 cm³/mol. The summed E-state index contributed by atoms with van der Waals surface area (Å²) in [6.07, 6.45) is 1.52. The minimum absolute atomic E-state index is 0. The van der Waals surface area contributed by atoms with Gasteiger partial charge in [0.25, 0.3) is 0 Å². The Kier molecular flexibility index (Phi) is 6.15. The molecule has 0 aliphatic heterocycles. The van der Waals surface area contributed by atoms with E-state index in [1.165, 1.54) is 6.26 Å². The first-order chi connectivity index (χ1) is 7.71. The summed E-state index contributed by atoms with van der Waals surface area (Å²) in [5.74, 6) is 0.786. The predicted octanol–water partition coefficient (Wildman–Crippen LogP) is 1.81. The van der Waals surface area contributed by atoms with Gasteiger partial charge in [-0.2, -0.15) is 0 Å². The fourth-order valence-electron chi connectivity index (χ4n) is 1.33. The van der Waals surface area contributed by atoms with E-state index in [9.17, 15) is 5.11 Å². The maximum absolute atomic E-state index is 10.1. The number of nitrogens with one attached hydrogen (secondary N) is 1. The fraction of sp³-hybridized carbons (Fsp3) is 0.583. The Hall–Kier alpha value is -0.760. The van der Waals surface area contributed by atoms with Crippen molar-refractivity contribution in [1.82, 2.24) is 5.32 Å². The lowest BCUT2D eigenvalue weighted by Gasteiger charge is -2.23. The Morgan fingerprint density at radius 3 is 2.50 bits per heavy atom. The van der Waals surface area contributed by atoms with Crippen LogP contribution in [0.2, 0.25) is 0 Å². The highest BCUT2D eigenvalue weighted by molar-refractivity contribution is 14.0. The molecule has 0 spiro atoms. The Balaban J connectivity index is 0.00000289. The molecule has 0 aliphatic carbocycles. The summed E-state index contributed by atoms with van der Waals surface area (Å²) in [5, 5.41) is 13.2. The molecule has 0 fully saturated rings. The molecule has 104 valence electrons. The van der Waals surface area contributed by atoms with Crippen LogP contribution in [-0.4, -0.2) is 23.1 Å². The third-order valence-electron chi connectivity index (χ3n) is 2.11. The zero-order valence-corrected chi connectivity index (χ0v) is 13.6. The van der Waals surface area contributed by atoms with E-state index in [2.05, 4.69) is 10.3 Å². The molecule has 0 radical (unpaired) electrons. The number of halogens is 1. The first-order valence-corrected chi connectivity index (χ1v) is 5.55. The van der Waals surface area contributed by atoms with Crippen molar-refractivity contribution in [2.45, 2.75) is 38.8 Å². The van der Waals surface area contributed by atoms with Gasteiger partial charge in [-0.3, -0.25) is 0 Å². The summed E-state index contributed by atoms with van der Waals surface area (Å²) in [6.45, 7) is 7.75. The highest BCUT2D eigenvalue weighted by atomic mass is 127. The van der Waals surface area contributed by atoms with E-state index in [1.807, 2.05) is 20.8 Å². The van der Waals surface area contributed by atoms with Gasteiger partial charge >= 0.3 is 0 Å². The Morgan fingerprint density at radius 1 is 1.44 bits per heavy atom. The second-order valence-electron chi connectivity index (χ2n) is 5.33. The Bertz CT molecular complexity index is 381. The third-order valence-corrected chi connectivity index (χ3v) is 2.11. The molecule has 1 unspecified atom stereocenters. The SMILES string of the molecule is CC(C)(C)NC(N)=NCC(C)(O)c1ccco1.I. The second kappa shape index (κ2) is 6.42. The van der Waals surface area contributed by atoms with E-state index in [-0.39, 0.29) is 36.1 Å². The van der Waals surface area contributed by atoms with Gasteiger partial charge in [0.05, 0.1) is 12.8 Å². The maximum Gasteiger partial charge on any atom is 0.189 e. The smallest absolute Gasteiger partial charge is 0.189 e. The van der Waals surface area contributed by atoms with Crippen LogP contribution < -0.4 is 11.1 Å². The largest absolute Gasteiger partial charge is 0.466 e. The molecule has 0 saturated heterocycles. The number of hydrogen-bond donors (Lipinski definition) is 3. The van der Waals surface area contributed by atoms with E-state index >= 15 is 0 Å². The molecule has 18 heavy (non-hydrogen) atoms. The first-order valence-electron chi connectivity index (χ1n) is 5.55. The fourth-order valence-corrected chi connectivity index (χ4v) is 1.33. The lowest BCUT2D eigenvalue weighted by atomic mass is 10.0. The first kappa shape index (κ1) is 17.2. The molecule has 5 nitrogen and oxygen atoms in total. The van der Waals surface area contributed by atoms with Gasteiger partial charge in [-0.05, 0) is 39.8 Å². The molecule has 0 saturated carbocycles. The summed E-state index contributed by atoms with van der Waals surface area (Å²) in [7, 11) is 0. The van der Waals surface area contributed by atoms with Crippen molar-refractivity contribution < 1.29 is 9.52 Å². The molecule has 1 aromatic heterocycles. The minimum atomic E-state index is -1.15. The molecule has 1 heterocycles. The summed E-state index contributed by atoms with van der Waals surface area (Å²) in [6, 6.07) is 3.44. The minimum Gasteiger partial charge on any atom is -0.466 e. The molecule has 0 bridgehead atoms. The zero-order valence-electron chi connectivity index (χ0n) is 11.2. The molecule has 1 aromatic rings. The van der Waals surface area contributed by atoms with Crippen LogP contribution in [0.1, 0.15) is 33.5 Å². The van der Waals surface area contributed by atoms with Crippen LogP contribution in [0.3, 0.4) is 0 Å². The van der Waals surface area contributed by atoms with Crippen LogP contribution in [0.25, 0.3) is 0 Å². The van der Waals surface area contributed by atoms with Crippen LogP contribution in [0.4, 0.5) is 0 Å². The van der Waals surface area contributed by atoms with Crippen molar-refractivity contribution in [2.75, 3.05) is 6.54 Å². The lowest BCUT2D eigenvalue weighted by Crippen LogP contribution is -2.45. The topological polar surface area (TPSA) is 83.8 Å². The van der Waals surface area contributed by atoms with Crippen molar-refractivity contribution in [1.29, 1.82) is 0 Å². The van der Waals surface area contributed by atoms with Gasteiger partial charge in [-0.1, -0.05) is 0 Å². The summed E-state index contributed by atoms with van der Waals surface area (Å²) in [4.78, 5) is 4.11. The summed E-state index contributed by atoms with van der Waals surface area (Å²) < 4.78 is 5.15. The van der Waals surface area contributed by atoms with Gasteiger partial charge < -0.3 is 20.6 Å². The average molecular weight is 367 g/mol. The normalized spacial score (nSPS) is 15.7. The molecular weight excluding hydrogens is 345 g/mol. The molecule has 1 atom stereocenters. The highest BCUT2D eigenvalue weighted by Crippen LogP contribution is 2.20. The van der Waals surface area contributed by atoms with Gasteiger partial charge in [0.2, 0.25) is 0 Å². The van der Waals surface area contributed by atoms with E-state index < -0.39 is 5.60 Å². The number of guanidine groups is 1. The quantitative estimate of drug-likeness (QED) is 0.432. The van der Waals surface area contributed by atoms with Gasteiger partial charge in [0, 0.05) is 5.54 Å². The molecule has 0 aliphatic rings. The van der Waals surface area contributed by atoms with Crippen LogP contribution >= 0.6 is 24.0 Å². The monoisotopic (exact) mass is 367 g/mol.